The van der Waals surface area contributed by atoms with Crippen LogP contribution in [-0.2, 0) is 0 Å². The average Bonchev–Trinajstić information content (AvgIpc) is 2.18. The molecule has 0 aromatic heterocycles. The molecule has 0 spiro atoms. The second-order valence-electron chi connectivity index (χ2n) is 3.73. The van der Waals surface area contributed by atoms with Crippen LogP contribution < -0.4 is 5.32 Å². The van der Waals surface area contributed by atoms with Crippen molar-refractivity contribution >= 4 is 11.8 Å². The molecule has 14 heavy (non-hydrogen) atoms. The quantitative estimate of drug-likeness (QED) is 0.715. The molecule has 1 aliphatic heterocycles. The van der Waals surface area contributed by atoms with E-state index < -0.39 is 0 Å². The SMILES string of the molecule is Cc1ccccc1C1CN(Cl)CCN1. The summed E-state index contributed by atoms with van der Waals surface area (Å²) in [5, 5.41) is 3.48. The molecule has 0 aliphatic carbocycles. The molecule has 2 nitrogen and oxygen atoms in total. The number of nitrogens with one attached hydrogen (secondary N) is 1. The zero-order valence-corrected chi connectivity index (χ0v) is 9.09. The van der Waals surface area contributed by atoms with Gasteiger partial charge in [0.25, 0.3) is 0 Å². The first-order valence-electron chi connectivity index (χ1n) is 4.97. The van der Waals surface area contributed by atoms with Crippen molar-refractivity contribution in [2.45, 2.75) is 13.0 Å². The van der Waals surface area contributed by atoms with Gasteiger partial charge < -0.3 is 5.32 Å². The number of halogens is 1. The van der Waals surface area contributed by atoms with E-state index in [0.29, 0.717) is 6.04 Å². The van der Waals surface area contributed by atoms with Crippen molar-refractivity contribution in [3.63, 3.8) is 0 Å². The summed E-state index contributed by atoms with van der Waals surface area (Å²) in [4.78, 5) is 0. The minimum atomic E-state index is 0.377. The molecule has 0 bridgehead atoms. The smallest absolute Gasteiger partial charge is 0.0465 e. The molecule has 1 fully saturated rings. The minimum absolute atomic E-state index is 0.377. The summed E-state index contributed by atoms with van der Waals surface area (Å²) in [5.74, 6) is 0. The first kappa shape index (κ1) is 9.97. The largest absolute Gasteiger partial charge is 0.307 e. The highest BCUT2D eigenvalue weighted by Gasteiger charge is 2.20. The summed E-state index contributed by atoms with van der Waals surface area (Å²) in [5.41, 5.74) is 2.69. The Bertz CT molecular complexity index is 314. The van der Waals surface area contributed by atoms with Gasteiger partial charge in [-0.3, -0.25) is 0 Å². The molecular formula is C11H15ClN2. The van der Waals surface area contributed by atoms with E-state index in [1.54, 1.807) is 0 Å². The number of nitrogens with zero attached hydrogens (tertiary/aromatic N) is 1. The first-order valence-corrected chi connectivity index (χ1v) is 5.31. The van der Waals surface area contributed by atoms with Gasteiger partial charge in [0.15, 0.2) is 0 Å². The predicted molar refractivity (Wildman–Crippen MR) is 59.3 cm³/mol. The van der Waals surface area contributed by atoms with E-state index in [4.69, 9.17) is 11.8 Å². The predicted octanol–water partition coefficient (Wildman–Crippen LogP) is 2.10. The molecule has 2 rings (SSSR count). The molecule has 3 heteroatoms. The van der Waals surface area contributed by atoms with Crippen molar-refractivity contribution in [3.8, 4) is 0 Å². The molecule has 1 saturated heterocycles. The van der Waals surface area contributed by atoms with Crippen LogP contribution in [0.5, 0.6) is 0 Å². The third-order valence-corrected chi connectivity index (χ3v) is 3.00. The van der Waals surface area contributed by atoms with Crippen LogP contribution in [0.25, 0.3) is 0 Å². The molecule has 76 valence electrons. The number of hydrogen-bond acceptors (Lipinski definition) is 2. The Morgan fingerprint density at radius 1 is 1.43 bits per heavy atom. The lowest BCUT2D eigenvalue weighted by Gasteiger charge is -2.30. The fourth-order valence-corrected chi connectivity index (χ4v) is 2.12. The fourth-order valence-electron chi connectivity index (χ4n) is 1.90. The highest BCUT2D eigenvalue weighted by molar-refractivity contribution is 6.13. The van der Waals surface area contributed by atoms with Gasteiger partial charge in [-0.05, 0) is 29.8 Å². The topological polar surface area (TPSA) is 15.3 Å². The summed E-state index contributed by atoms with van der Waals surface area (Å²) >= 11 is 6.01. The Hall–Kier alpha value is -0.570. The highest BCUT2D eigenvalue weighted by Crippen LogP contribution is 2.21. The van der Waals surface area contributed by atoms with Crippen LogP contribution in [-0.4, -0.2) is 24.1 Å². The van der Waals surface area contributed by atoms with Crippen molar-refractivity contribution in [3.05, 3.63) is 35.4 Å². The standard InChI is InChI=1S/C11H15ClN2/c1-9-4-2-3-5-10(9)11-8-14(12)7-6-13-11/h2-5,11,13H,6-8H2,1H3. The molecule has 1 unspecified atom stereocenters. The molecule has 0 saturated carbocycles. The molecule has 1 aliphatic rings. The zero-order valence-electron chi connectivity index (χ0n) is 8.33. The molecule has 1 N–H and O–H groups in total. The molecule has 1 atom stereocenters. The minimum Gasteiger partial charge on any atom is -0.307 e. The Labute approximate surface area is 90.0 Å². The summed E-state index contributed by atoms with van der Waals surface area (Å²) in [7, 11) is 0. The fraction of sp³-hybridized carbons (Fsp3) is 0.455. The van der Waals surface area contributed by atoms with E-state index in [2.05, 4.69) is 36.5 Å². The van der Waals surface area contributed by atoms with Crippen LogP contribution in [0.15, 0.2) is 24.3 Å². The third kappa shape index (κ3) is 2.08. The maximum absolute atomic E-state index is 6.01. The lowest BCUT2D eigenvalue weighted by Crippen LogP contribution is -2.41. The van der Waals surface area contributed by atoms with Gasteiger partial charge in [-0.15, -0.1) is 0 Å². The molecule has 0 amide bonds. The first-order chi connectivity index (χ1) is 6.77. The molecule has 1 aromatic rings. The van der Waals surface area contributed by atoms with E-state index in [0.717, 1.165) is 19.6 Å². The number of piperazine rings is 1. The molecular weight excluding hydrogens is 196 g/mol. The summed E-state index contributed by atoms with van der Waals surface area (Å²) in [6.45, 7) is 4.91. The Kier molecular flexibility index (Phi) is 3.06. The van der Waals surface area contributed by atoms with Gasteiger partial charge in [-0.2, -0.15) is 0 Å². The number of rotatable bonds is 1. The summed E-state index contributed by atoms with van der Waals surface area (Å²) in [6, 6.07) is 8.84. The molecule has 1 aromatic carbocycles. The van der Waals surface area contributed by atoms with Gasteiger partial charge in [-0.1, -0.05) is 24.3 Å². The van der Waals surface area contributed by atoms with Crippen LogP contribution in [0.2, 0.25) is 0 Å². The van der Waals surface area contributed by atoms with E-state index in [1.807, 2.05) is 4.42 Å². The maximum Gasteiger partial charge on any atom is 0.0465 e. The third-order valence-electron chi connectivity index (χ3n) is 2.69. The lowest BCUT2D eigenvalue weighted by molar-refractivity contribution is 0.315. The number of benzene rings is 1. The van der Waals surface area contributed by atoms with Gasteiger partial charge in [0.2, 0.25) is 0 Å². The van der Waals surface area contributed by atoms with Gasteiger partial charge in [-0.25, -0.2) is 4.42 Å². The lowest BCUT2D eigenvalue weighted by atomic mass is 10.0. The molecule has 1 heterocycles. The number of hydrogen-bond donors (Lipinski definition) is 1. The van der Waals surface area contributed by atoms with Crippen LogP contribution in [0.3, 0.4) is 0 Å². The van der Waals surface area contributed by atoms with Crippen molar-refractivity contribution in [2.75, 3.05) is 19.6 Å². The highest BCUT2D eigenvalue weighted by atomic mass is 35.5. The Morgan fingerprint density at radius 2 is 2.21 bits per heavy atom. The van der Waals surface area contributed by atoms with E-state index in [9.17, 15) is 0 Å². The normalized spacial score (nSPS) is 23.7. The van der Waals surface area contributed by atoms with Gasteiger partial charge in [0.05, 0.1) is 0 Å². The van der Waals surface area contributed by atoms with Crippen molar-refractivity contribution in [1.82, 2.24) is 9.74 Å². The van der Waals surface area contributed by atoms with Crippen molar-refractivity contribution in [2.24, 2.45) is 0 Å². The second kappa shape index (κ2) is 4.30. The van der Waals surface area contributed by atoms with E-state index >= 15 is 0 Å². The van der Waals surface area contributed by atoms with E-state index in [1.165, 1.54) is 11.1 Å². The van der Waals surface area contributed by atoms with Crippen LogP contribution in [0, 0.1) is 6.92 Å². The van der Waals surface area contributed by atoms with Crippen LogP contribution in [0.4, 0.5) is 0 Å². The maximum atomic E-state index is 6.01. The average molecular weight is 211 g/mol. The van der Waals surface area contributed by atoms with Gasteiger partial charge in [0.1, 0.15) is 0 Å². The second-order valence-corrected chi connectivity index (χ2v) is 4.21. The van der Waals surface area contributed by atoms with Crippen LogP contribution >= 0.6 is 11.8 Å². The zero-order chi connectivity index (χ0) is 9.97. The van der Waals surface area contributed by atoms with Gasteiger partial charge >= 0.3 is 0 Å². The van der Waals surface area contributed by atoms with Gasteiger partial charge in [0, 0.05) is 25.7 Å². The Balaban J connectivity index is 2.18. The molecule has 0 radical (unpaired) electrons. The monoisotopic (exact) mass is 210 g/mol. The van der Waals surface area contributed by atoms with E-state index in [-0.39, 0.29) is 0 Å². The van der Waals surface area contributed by atoms with Crippen LogP contribution in [0.1, 0.15) is 17.2 Å². The summed E-state index contributed by atoms with van der Waals surface area (Å²) < 4.78 is 1.85. The van der Waals surface area contributed by atoms with Crippen molar-refractivity contribution < 1.29 is 0 Å². The summed E-state index contributed by atoms with van der Waals surface area (Å²) in [6.07, 6.45) is 0. The Morgan fingerprint density at radius 3 is 2.93 bits per heavy atom. The van der Waals surface area contributed by atoms with Crippen molar-refractivity contribution in [1.29, 1.82) is 0 Å². The number of aryl methyl sites for hydroxylation is 1.